The number of nitrogens with zero attached hydrogens (tertiary/aromatic N) is 1. The Labute approximate surface area is 195 Å². The summed E-state index contributed by atoms with van der Waals surface area (Å²) in [5.74, 6) is -0.355. The molecular formula is C25H38N2O6. The van der Waals surface area contributed by atoms with E-state index in [-0.39, 0.29) is 47.6 Å². The van der Waals surface area contributed by atoms with E-state index in [4.69, 9.17) is 4.74 Å². The lowest BCUT2D eigenvalue weighted by Crippen LogP contribution is -2.43. The van der Waals surface area contributed by atoms with E-state index >= 15 is 0 Å². The molecule has 8 heteroatoms. The Morgan fingerprint density at radius 1 is 1.09 bits per heavy atom. The minimum atomic E-state index is -0.695. The quantitative estimate of drug-likeness (QED) is 0.417. The van der Waals surface area contributed by atoms with Gasteiger partial charge in [0.1, 0.15) is 23.6 Å². The Bertz CT molecular complexity index is 813. The van der Waals surface area contributed by atoms with Crippen molar-refractivity contribution in [3.05, 3.63) is 23.3 Å². The average Bonchev–Trinajstić information content (AvgIpc) is 3.29. The minimum Gasteiger partial charge on any atom is -0.508 e. The van der Waals surface area contributed by atoms with Gasteiger partial charge < -0.3 is 30.3 Å². The van der Waals surface area contributed by atoms with Gasteiger partial charge in [-0.2, -0.15) is 0 Å². The van der Waals surface area contributed by atoms with Crippen LogP contribution < -0.4 is 5.32 Å². The molecule has 3 rings (SSSR count). The molecule has 1 aliphatic carbocycles. The Morgan fingerprint density at radius 3 is 2.36 bits per heavy atom. The van der Waals surface area contributed by atoms with E-state index in [0.717, 1.165) is 44.9 Å². The van der Waals surface area contributed by atoms with Crippen LogP contribution in [0.2, 0.25) is 0 Å². The molecule has 1 amide bonds. The van der Waals surface area contributed by atoms with E-state index in [0.29, 0.717) is 31.1 Å². The standard InChI is InChI=1S/C25H38N2O6/c1-16(2)19-13-20(23(30)14-22(19)29)24(31)27-11-8-17(9-12-27)7-10-26-21(15-28)25(32)33-18-5-3-4-6-18/h13-14,16-18,21,26,28-30H,3-12,15H2,1-2H3/t21-/m0/s1. The summed E-state index contributed by atoms with van der Waals surface area (Å²) in [5, 5.41) is 32.9. The number of nitrogens with one attached hydrogen (secondary N) is 1. The molecule has 33 heavy (non-hydrogen) atoms. The SMILES string of the molecule is CC(C)c1cc(C(=O)N2CCC(CCN[C@@H](CO)C(=O)OC3CCCC3)CC2)c(O)cc1O. The Morgan fingerprint density at radius 2 is 1.76 bits per heavy atom. The number of hydrogen-bond donors (Lipinski definition) is 4. The van der Waals surface area contributed by atoms with Gasteiger partial charge in [0, 0.05) is 19.2 Å². The summed E-state index contributed by atoms with van der Waals surface area (Å²) in [7, 11) is 0. The number of ether oxygens (including phenoxy) is 1. The molecular weight excluding hydrogens is 424 g/mol. The van der Waals surface area contributed by atoms with Crippen LogP contribution >= 0.6 is 0 Å². The van der Waals surface area contributed by atoms with Gasteiger partial charge in [-0.1, -0.05) is 13.8 Å². The molecule has 1 saturated carbocycles. The molecule has 0 bridgehead atoms. The first-order valence-corrected chi connectivity index (χ1v) is 12.2. The Hall–Kier alpha value is -2.32. The highest BCUT2D eigenvalue weighted by Crippen LogP contribution is 2.33. The molecule has 0 unspecified atom stereocenters. The van der Waals surface area contributed by atoms with Gasteiger partial charge in [-0.3, -0.25) is 9.59 Å². The fourth-order valence-corrected chi connectivity index (χ4v) is 4.76. The van der Waals surface area contributed by atoms with Gasteiger partial charge >= 0.3 is 5.97 Å². The van der Waals surface area contributed by atoms with Crippen molar-refractivity contribution < 1.29 is 29.6 Å². The predicted molar refractivity (Wildman–Crippen MR) is 124 cm³/mol. The highest BCUT2D eigenvalue weighted by molar-refractivity contribution is 5.97. The van der Waals surface area contributed by atoms with Gasteiger partial charge in [-0.05, 0) is 75.0 Å². The third kappa shape index (κ3) is 6.60. The highest BCUT2D eigenvalue weighted by atomic mass is 16.5. The molecule has 8 nitrogen and oxygen atoms in total. The fraction of sp³-hybridized carbons (Fsp3) is 0.680. The summed E-state index contributed by atoms with van der Waals surface area (Å²) in [5.41, 5.74) is 0.866. The zero-order chi connectivity index (χ0) is 24.0. The van der Waals surface area contributed by atoms with Crippen molar-refractivity contribution in [2.75, 3.05) is 26.2 Å². The third-order valence-electron chi connectivity index (χ3n) is 6.89. The molecule has 184 valence electrons. The van der Waals surface area contributed by atoms with E-state index in [2.05, 4.69) is 5.32 Å². The van der Waals surface area contributed by atoms with Gasteiger partial charge in [-0.15, -0.1) is 0 Å². The van der Waals surface area contributed by atoms with Crippen LogP contribution in [0.25, 0.3) is 0 Å². The molecule has 0 aromatic heterocycles. The van der Waals surface area contributed by atoms with Gasteiger partial charge in [-0.25, -0.2) is 0 Å². The van der Waals surface area contributed by atoms with Crippen LogP contribution in [0.4, 0.5) is 0 Å². The van der Waals surface area contributed by atoms with Crippen molar-refractivity contribution in [2.45, 2.75) is 76.9 Å². The number of phenolic OH excluding ortho intramolecular Hbond substituents is 2. The summed E-state index contributed by atoms with van der Waals surface area (Å²) in [4.78, 5) is 27.0. The topological polar surface area (TPSA) is 119 Å². The molecule has 1 aromatic carbocycles. The fourth-order valence-electron chi connectivity index (χ4n) is 4.76. The summed E-state index contributed by atoms with van der Waals surface area (Å²) in [6.07, 6.45) is 6.48. The van der Waals surface area contributed by atoms with Crippen molar-refractivity contribution in [2.24, 2.45) is 5.92 Å². The van der Waals surface area contributed by atoms with E-state index < -0.39 is 6.04 Å². The van der Waals surface area contributed by atoms with Crippen molar-refractivity contribution in [1.29, 1.82) is 0 Å². The number of amides is 1. The molecule has 1 atom stereocenters. The molecule has 1 aromatic rings. The number of esters is 1. The van der Waals surface area contributed by atoms with Gasteiger partial charge in [0.15, 0.2) is 0 Å². The maximum Gasteiger partial charge on any atom is 0.325 e. The number of aromatic hydroxyl groups is 2. The summed E-state index contributed by atoms with van der Waals surface area (Å²) in [6, 6.07) is 2.14. The largest absolute Gasteiger partial charge is 0.508 e. The second-order valence-electron chi connectivity index (χ2n) is 9.64. The molecule has 0 radical (unpaired) electrons. The van der Waals surface area contributed by atoms with E-state index in [1.54, 1.807) is 11.0 Å². The summed E-state index contributed by atoms with van der Waals surface area (Å²) < 4.78 is 5.49. The van der Waals surface area contributed by atoms with Crippen LogP contribution in [-0.2, 0) is 9.53 Å². The Kier molecular flexibility index (Phi) is 8.97. The lowest BCUT2D eigenvalue weighted by Gasteiger charge is -2.32. The van der Waals surface area contributed by atoms with Crippen LogP contribution in [0.5, 0.6) is 11.5 Å². The van der Waals surface area contributed by atoms with Crippen molar-refractivity contribution in [3.63, 3.8) is 0 Å². The number of piperidine rings is 1. The van der Waals surface area contributed by atoms with Crippen molar-refractivity contribution >= 4 is 11.9 Å². The highest BCUT2D eigenvalue weighted by Gasteiger charge is 2.28. The lowest BCUT2D eigenvalue weighted by molar-refractivity contribution is -0.152. The van der Waals surface area contributed by atoms with Crippen LogP contribution in [0.1, 0.15) is 80.6 Å². The lowest BCUT2D eigenvalue weighted by atomic mass is 9.92. The maximum absolute atomic E-state index is 13.0. The molecule has 1 aliphatic heterocycles. The number of rotatable bonds is 9. The number of aliphatic hydroxyl groups excluding tert-OH is 1. The molecule has 2 fully saturated rings. The number of benzene rings is 1. The average molecular weight is 463 g/mol. The molecule has 1 heterocycles. The predicted octanol–water partition coefficient (Wildman–Crippen LogP) is 2.90. The van der Waals surface area contributed by atoms with Crippen LogP contribution in [0.3, 0.4) is 0 Å². The van der Waals surface area contributed by atoms with Crippen molar-refractivity contribution in [1.82, 2.24) is 10.2 Å². The maximum atomic E-state index is 13.0. The number of phenols is 2. The van der Waals surface area contributed by atoms with E-state index in [1.165, 1.54) is 6.07 Å². The molecule has 4 N–H and O–H groups in total. The molecule has 2 aliphatic rings. The summed E-state index contributed by atoms with van der Waals surface area (Å²) in [6.45, 7) is 5.35. The Balaban J connectivity index is 1.44. The second kappa shape index (κ2) is 11.7. The van der Waals surface area contributed by atoms with Crippen molar-refractivity contribution in [3.8, 4) is 11.5 Å². The smallest absolute Gasteiger partial charge is 0.325 e. The van der Waals surface area contributed by atoms with Gasteiger partial charge in [0.25, 0.3) is 5.91 Å². The van der Waals surface area contributed by atoms with Gasteiger partial charge in [0.05, 0.1) is 12.2 Å². The molecule has 0 spiro atoms. The number of likely N-dealkylation sites (tertiary alicyclic amines) is 1. The number of hydrogen-bond acceptors (Lipinski definition) is 7. The van der Waals surface area contributed by atoms with E-state index in [9.17, 15) is 24.9 Å². The number of aliphatic hydroxyl groups is 1. The van der Waals surface area contributed by atoms with Gasteiger partial charge in [0.2, 0.25) is 0 Å². The van der Waals surface area contributed by atoms with E-state index in [1.807, 2.05) is 13.8 Å². The second-order valence-corrected chi connectivity index (χ2v) is 9.64. The first-order valence-electron chi connectivity index (χ1n) is 12.2. The van der Waals surface area contributed by atoms with Crippen LogP contribution in [-0.4, -0.2) is 70.5 Å². The summed E-state index contributed by atoms with van der Waals surface area (Å²) >= 11 is 0. The first kappa shape index (κ1) is 25.3. The molecule has 1 saturated heterocycles. The zero-order valence-corrected chi connectivity index (χ0v) is 19.8. The zero-order valence-electron chi connectivity index (χ0n) is 19.8. The number of carbonyl (C=O) groups is 2. The van der Waals surface area contributed by atoms with Crippen LogP contribution in [0, 0.1) is 5.92 Å². The third-order valence-corrected chi connectivity index (χ3v) is 6.89. The monoisotopic (exact) mass is 462 g/mol. The number of carbonyl (C=O) groups excluding carboxylic acids is 2. The van der Waals surface area contributed by atoms with Crippen LogP contribution in [0.15, 0.2) is 12.1 Å². The normalized spacial score (nSPS) is 18.6. The minimum absolute atomic E-state index is 0.00133. The first-order chi connectivity index (χ1) is 15.8.